The number of primary amides is 1. The first-order chi connectivity index (χ1) is 7.00. The Hall–Kier alpha value is -0.810. The molecule has 0 rings (SSSR count). The van der Waals surface area contributed by atoms with Crippen LogP contribution in [0, 0.1) is 0 Å². The fourth-order valence-corrected chi connectivity index (χ4v) is 1.08. The van der Waals surface area contributed by atoms with E-state index in [1.54, 1.807) is 0 Å². The summed E-state index contributed by atoms with van der Waals surface area (Å²) in [6.07, 6.45) is 4.08. The van der Waals surface area contributed by atoms with Gasteiger partial charge >= 0.3 is 6.09 Å². The first kappa shape index (κ1) is 16.6. The van der Waals surface area contributed by atoms with Crippen LogP contribution in [0.4, 0.5) is 4.79 Å². The molecule has 0 aromatic carbocycles. The van der Waals surface area contributed by atoms with E-state index in [2.05, 4.69) is 30.0 Å². The predicted octanol–water partition coefficient (Wildman–Crippen LogP) is 0.951. The molecule has 0 aliphatic heterocycles. The minimum Gasteiger partial charge on any atom is -0.465 e. The summed E-state index contributed by atoms with van der Waals surface area (Å²) in [5, 5.41) is 10.4. The van der Waals surface area contributed by atoms with Crippen molar-refractivity contribution in [1.29, 1.82) is 0 Å². The van der Waals surface area contributed by atoms with Gasteiger partial charge in [0.15, 0.2) is 0 Å². The number of carboxylic acid groups (broad SMARTS) is 1. The molecule has 15 heavy (non-hydrogen) atoms. The lowest BCUT2D eigenvalue weighted by Gasteiger charge is -2.08. The smallest absolute Gasteiger partial charge is 0.402 e. The maximum Gasteiger partial charge on any atom is 0.402 e. The van der Waals surface area contributed by atoms with Crippen molar-refractivity contribution < 1.29 is 9.90 Å². The highest BCUT2D eigenvalue weighted by molar-refractivity contribution is 5.61. The van der Waals surface area contributed by atoms with Gasteiger partial charge in [0.25, 0.3) is 0 Å². The molecule has 0 aromatic heterocycles. The fourth-order valence-electron chi connectivity index (χ4n) is 1.08. The Morgan fingerprint density at radius 1 is 1.27 bits per heavy atom. The van der Waals surface area contributed by atoms with Crippen LogP contribution >= 0.6 is 0 Å². The summed E-state index contributed by atoms with van der Waals surface area (Å²) >= 11 is 0. The highest BCUT2D eigenvalue weighted by Gasteiger charge is 1.90. The van der Waals surface area contributed by atoms with Crippen LogP contribution in [0.25, 0.3) is 0 Å². The van der Waals surface area contributed by atoms with Crippen LogP contribution in [-0.4, -0.2) is 50.3 Å². The van der Waals surface area contributed by atoms with Crippen molar-refractivity contribution in [2.24, 2.45) is 5.73 Å². The highest BCUT2D eigenvalue weighted by atomic mass is 16.4. The maximum atomic E-state index is 8.78. The summed E-state index contributed by atoms with van der Waals surface area (Å²) in [5.41, 5.74) is 4.03. The van der Waals surface area contributed by atoms with Gasteiger partial charge in [-0.1, -0.05) is 12.8 Å². The van der Waals surface area contributed by atoms with E-state index in [0.717, 1.165) is 0 Å². The molecule has 5 heteroatoms. The normalized spacial score (nSPS) is 9.60. The molecule has 0 aliphatic rings. The van der Waals surface area contributed by atoms with Crippen molar-refractivity contribution in [2.45, 2.75) is 25.7 Å². The van der Waals surface area contributed by atoms with Crippen LogP contribution in [0.3, 0.4) is 0 Å². The number of carbonyl (C=O) groups is 1. The molecular formula is C10H25N3O2. The number of nitrogens with one attached hydrogen (secondary N) is 1. The van der Waals surface area contributed by atoms with Gasteiger partial charge in [-0.05, 0) is 47.1 Å². The van der Waals surface area contributed by atoms with Crippen molar-refractivity contribution in [3.63, 3.8) is 0 Å². The second-order valence-corrected chi connectivity index (χ2v) is 3.66. The van der Waals surface area contributed by atoms with Crippen LogP contribution in [-0.2, 0) is 0 Å². The molecule has 5 nitrogen and oxygen atoms in total. The Balaban J connectivity index is 0. The van der Waals surface area contributed by atoms with Crippen LogP contribution in [0.1, 0.15) is 25.7 Å². The lowest BCUT2D eigenvalue weighted by molar-refractivity contribution is 0.205. The van der Waals surface area contributed by atoms with Crippen LogP contribution in [0.5, 0.6) is 0 Å². The second kappa shape index (κ2) is 13.2. The summed E-state index contributed by atoms with van der Waals surface area (Å²) in [5.74, 6) is 0. The third kappa shape index (κ3) is 31.9. The molecule has 92 valence electrons. The molecule has 4 N–H and O–H groups in total. The number of unbranched alkanes of at least 4 members (excludes halogenated alkanes) is 3. The molecule has 0 atom stereocenters. The standard InChI is InChI=1S/C9H22N2.CH3NO2/c1-10-8-6-4-5-7-9-11(2)3;2-1(3)4/h10H,4-9H2,1-3H3;2H2,(H,3,4). The minimum atomic E-state index is -1.33. The van der Waals surface area contributed by atoms with E-state index in [1.165, 1.54) is 38.8 Å². The molecule has 0 bridgehead atoms. The van der Waals surface area contributed by atoms with Gasteiger partial charge in [0, 0.05) is 0 Å². The van der Waals surface area contributed by atoms with Crippen molar-refractivity contribution in [3.8, 4) is 0 Å². The third-order valence-electron chi connectivity index (χ3n) is 1.78. The third-order valence-corrected chi connectivity index (χ3v) is 1.78. The molecule has 0 spiro atoms. The van der Waals surface area contributed by atoms with E-state index in [9.17, 15) is 0 Å². The Morgan fingerprint density at radius 3 is 2.13 bits per heavy atom. The van der Waals surface area contributed by atoms with Gasteiger partial charge < -0.3 is 21.1 Å². The lowest BCUT2D eigenvalue weighted by atomic mass is 10.2. The van der Waals surface area contributed by atoms with E-state index in [4.69, 9.17) is 9.90 Å². The number of amides is 1. The van der Waals surface area contributed by atoms with Crippen LogP contribution in [0.15, 0.2) is 0 Å². The van der Waals surface area contributed by atoms with Crippen molar-refractivity contribution in [2.75, 3.05) is 34.2 Å². The average Bonchev–Trinajstić information content (AvgIpc) is 2.09. The second-order valence-electron chi connectivity index (χ2n) is 3.66. The van der Waals surface area contributed by atoms with Crippen molar-refractivity contribution in [3.05, 3.63) is 0 Å². The predicted molar refractivity (Wildman–Crippen MR) is 63.2 cm³/mol. The van der Waals surface area contributed by atoms with Gasteiger partial charge in [0.2, 0.25) is 0 Å². The average molecular weight is 219 g/mol. The molecule has 0 saturated heterocycles. The summed E-state index contributed by atoms with van der Waals surface area (Å²) < 4.78 is 0. The van der Waals surface area contributed by atoms with Gasteiger partial charge in [0.05, 0.1) is 0 Å². The zero-order valence-electron chi connectivity index (χ0n) is 10.1. The summed E-state index contributed by atoms with van der Waals surface area (Å²) in [4.78, 5) is 11.0. The van der Waals surface area contributed by atoms with Gasteiger partial charge in [0.1, 0.15) is 0 Å². The summed E-state index contributed by atoms with van der Waals surface area (Å²) in [6, 6.07) is 0. The summed E-state index contributed by atoms with van der Waals surface area (Å²) in [6.45, 7) is 2.40. The van der Waals surface area contributed by atoms with Gasteiger partial charge in [-0.2, -0.15) is 0 Å². The highest BCUT2D eigenvalue weighted by Crippen LogP contribution is 1.98. The molecular weight excluding hydrogens is 194 g/mol. The molecule has 1 amide bonds. The summed E-state index contributed by atoms with van der Waals surface area (Å²) in [7, 11) is 6.28. The van der Waals surface area contributed by atoms with Gasteiger partial charge in [-0.3, -0.25) is 0 Å². The Labute approximate surface area is 92.6 Å². The van der Waals surface area contributed by atoms with Crippen molar-refractivity contribution >= 4 is 6.09 Å². The van der Waals surface area contributed by atoms with E-state index in [-0.39, 0.29) is 0 Å². The largest absolute Gasteiger partial charge is 0.465 e. The zero-order valence-corrected chi connectivity index (χ0v) is 10.1. The number of nitrogens with two attached hydrogens (primary N) is 1. The van der Waals surface area contributed by atoms with Gasteiger partial charge in [-0.15, -0.1) is 0 Å². The van der Waals surface area contributed by atoms with E-state index >= 15 is 0 Å². The number of rotatable bonds is 7. The Morgan fingerprint density at radius 2 is 1.73 bits per heavy atom. The number of nitrogens with zero attached hydrogens (tertiary/aromatic N) is 1. The van der Waals surface area contributed by atoms with E-state index < -0.39 is 6.09 Å². The molecule has 0 aliphatic carbocycles. The van der Waals surface area contributed by atoms with E-state index in [0.29, 0.717) is 0 Å². The molecule has 0 fully saturated rings. The maximum absolute atomic E-state index is 8.78. The Bertz CT molecular complexity index is 137. The molecule has 0 heterocycles. The lowest BCUT2D eigenvalue weighted by Crippen LogP contribution is -2.13. The molecule has 0 radical (unpaired) electrons. The molecule has 0 unspecified atom stereocenters. The monoisotopic (exact) mass is 219 g/mol. The Kier molecular flexibility index (Phi) is 14.6. The first-order valence-electron chi connectivity index (χ1n) is 5.28. The van der Waals surface area contributed by atoms with Gasteiger partial charge in [-0.25, -0.2) is 4.79 Å². The van der Waals surface area contributed by atoms with Crippen LogP contribution < -0.4 is 11.1 Å². The topological polar surface area (TPSA) is 78.6 Å². The van der Waals surface area contributed by atoms with Crippen LogP contribution in [0.2, 0.25) is 0 Å². The minimum absolute atomic E-state index is 1.17. The number of hydrogen-bond acceptors (Lipinski definition) is 3. The number of hydrogen-bond donors (Lipinski definition) is 3. The van der Waals surface area contributed by atoms with E-state index in [1.807, 2.05) is 7.05 Å². The fraction of sp³-hybridized carbons (Fsp3) is 0.900. The molecule has 0 aromatic rings. The molecule has 0 saturated carbocycles. The zero-order chi connectivity index (χ0) is 12.1. The quantitative estimate of drug-likeness (QED) is 0.557. The van der Waals surface area contributed by atoms with Crippen molar-refractivity contribution in [1.82, 2.24) is 10.2 Å². The SMILES string of the molecule is CNCCCCCCN(C)C.NC(=O)O. The first-order valence-corrected chi connectivity index (χ1v) is 5.28.